The molecule has 1 aromatic rings. The number of nitro groups is 1. The summed E-state index contributed by atoms with van der Waals surface area (Å²) in [4.78, 5) is 12.7. The second-order valence-electron chi connectivity index (χ2n) is 6.15. The molecule has 0 radical (unpaired) electrons. The van der Waals surface area contributed by atoms with E-state index in [2.05, 4.69) is 24.2 Å². The van der Waals surface area contributed by atoms with Gasteiger partial charge in [-0.15, -0.1) is 0 Å². The smallest absolute Gasteiger partial charge is 0.269 e. The fourth-order valence-electron chi connectivity index (χ4n) is 2.88. The van der Waals surface area contributed by atoms with Crippen molar-refractivity contribution in [1.29, 1.82) is 0 Å². The normalized spacial score (nSPS) is 22.4. The number of hydrogen-bond acceptors (Lipinski definition) is 4. The van der Waals surface area contributed by atoms with Crippen LogP contribution < -0.4 is 5.32 Å². The summed E-state index contributed by atoms with van der Waals surface area (Å²) in [5, 5.41) is 14.2. The van der Waals surface area contributed by atoms with E-state index in [0.717, 1.165) is 38.2 Å². The van der Waals surface area contributed by atoms with E-state index in [4.69, 9.17) is 0 Å². The second-order valence-corrected chi connectivity index (χ2v) is 6.15. The van der Waals surface area contributed by atoms with E-state index in [9.17, 15) is 10.1 Å². The van der Waals surface area contributed by atoms with Crippen LogP contribution in [0.15, 0.2) is 24.3 Å². The van der Waals surface area contributed by atoms with Gasteiger partial charge in [0.2, 0.25) is 0 Å². The van der Waals surface area contributed by atoms with E-state index < -0.39 is 0 Å². The third-order valence-corrected chi connectivity index (χ3v) is 4.01. The summed E-state index contributed by atoms with van der Waals surface area (Å²) in [6, 6.07) is 6.93. The predicted octanol–water partition coefficient (Wildman–Crippen LogP) is 2.07. The summed E-state index contributed by atoms with van der Waals surface area (Å²) < 4.78 is 0. The minimum atomic E-state index is -0.335. The summed E-state index contributed by atoms with van der Waals surface area (Å²) in [6.07, 6.45) is 2.07. The zero-order valence-electron chi connectivity index (χ0n) is 12.3. The monoisotopic (exact) mass is 277 g/mol. The quantitative estimate of drug-likeness (QED) is 0.639. The van der Waals surface area contributed by atoms with Crippen molar-refractivity contribution in [1.82, 2.24) is 10.2 Å². The van der Waals surface area contributed by atoms with Crippen molar-refractivity contribution in [2.75, 3.05) is 33.2 Å². The molecule has 1 aromatic carbocycles. The Balaban J connectivity index is 1.85. The predicted molar refractivity (Wildman–Crippen MR) is 79.9 cm³/mol. The van der Waals surface area contributed by atoms with Crippen LogP contribution in [0.3, 0.4) is 0 Å². The number of rotatable bonds is 6. The molecule has 0 amide bonds. The van der Waals surface area contributed by atoms with Crippen LogP contribution in [0.5, 0.6) is 0 Å². The molecule has 0 aliphatic carbocycles. The molecule has 0 saturated carbocycles. The average Bonchev–Trinajstić information content (AvgIpc) is 2.83. The molecule has 0 bridgehead atoms. The molecular weight excluding hydrogens is 254 g/mol. The molecule has 1 atom stereocenters. The van der Waals surface area contributed by atoms with Crippen molar-refractivity contribution < 1.29 is 4.92 Å². The Kier molecular flexibility index (Phi) is 4.73. The van der Waals surface area contributed by atoms with Gasteiger partial charge in [-0.1, -0.05) is 19.1 Å². The van der Waals surface area contributed by atoms with Gasteiger partial charge in [0.25, 0.3) is 5.69 Å². The highest BCUT2D eigenvalue weighted by atomic mass is 16.6. The summed E-state index contributed by atoms with van der Waals surface area (Å²) in [7, 11) is 2.13. The molecule has 0 aromatic heterocycles. The van der Waals surface area contributed by atoms with Gasteiger partial charge in [0.1, 0.15) is 0 Å². The lowest BCUT2D eigenvalue weighted by Gasteiger charge is -2.29. The third-order valence-electron chi connectivity index (χ3n) is 4.01. The molecule has 1 aliphatic heterocycles. The number of non-ortho nitro benzene ring substituents is 1. The van der Waals surface area contributed by atoms with Crippen LogP contribution in [-0.2, 0) is 6.42 Å². The van der Waals surface area contributed by atoms with Gasteiger partial charge >= 0.3 is 0 Å². The van der Waals surface area contributed by atoms with Crippen LogP contribution in [0.1, 0.15) is 18.9 Å². The van der Waals surface area contributed by atoms with Crippen LogP contribution in [0, 0.1) is 15.5 Å². The lowest BCUT2D eigenvalue weighted by molar-refractivity contribution is -0.384. The van der Waals surface area contributed by atoms with E-state index in [-0.39, 0.29) is 10.6 Å². The van der Waals surface area contributed by atoms with Gasteiger partial charge in [0.15, 0.2) is 0 Å². The highest BCUT2D eigenvalue weighted by molar-refractivity contribution is 5.34. The standard InChI is InChI=1S/C15H23N3O2/c1-15(7-8-16-11-15)12-17(2)9-6-13-4-3-5-14(10-13)18(19)20/h3-5,10,16H,6-9,11-12H2,1-2H3. The Bertz CT molecular complexity index is 470. The van der Waals surface area contributed by atoms with Gasteiger partial charge in [-0.2, -0.15) is 0 Å². The number of nitro benzene ring substituents is 1. The lowest BCUT2D eigenvalue weighted by atomic mass is 9.89. The number of benzene rings is 1. The van der Waals surface area contributed by atoms with E-state index in [0.29, 0.717) is 5.41 Å². The van der Waals surface area contributed by atoms with E-state index >= 15 is 0 Å². The van der Waals surface area contributed by atoms with Gasteiger partial charge in [-0.3, -0.25) is 10.1 Å². The van der Waals surface area contributed by atoms with Crippen LogP contribution >= 0.6 is 0 Å². The maximum atomic E-state index is 10.8. The topological polar surface area (TPSA) is 58.4 Å². The Hall–Kier alpha value is -1.46. The Morgan fingerprint density at radius 3 is 2.95 bits per heavy atom. The average molecular weight is 277 g/mol. The van der Waals surface area contributed by atoms with Gasteiger partial charge < -0.3 is 10.2 Å². The van der Waals surface area contributed by atoms with Crippen molar-refractivity contribution in [3.8, 4) is 0 Å². The van der Waals surface area contributed by atoms with Crippen LogP contribution in [-0.4, -0.2) is 43.0 Å². The number of nitrogens with zero attached hydrogens (tertiary/aromatic N) is 2. The SMILES string of the molecule is CN(CCc1cccc([N+](=O)[O-])c1)CC1(C)CCNC1. The molecule has 1 saturated heterocycles. The molecular formula is C15H23N3O2. The van der Waals surface area contributed by atoms with Gasteiger partial charge in [0.05, 0.1) is 4.92 Å². The minimum absolute atomic E-state index is 0.178. The molecule has 2 rings (SSSR count). The highest BCUT2D eigenvalue weighted by Gasteiger charge is 2.29. The molecule has 20 heavy (non-hydrogen) atoms. The minimum Gasteiger partial charge on any atom is -0.316 e. The molecule has 1 heterocycles. The fourth-order valence-corrected chi connectivity index (χ4v) is 2.88. The highest BCUT2D eigenvalue weighted by Crippen LogP contribution is 2.25. The molecule has 1 N–H and O–H groups in total. The molecule has 0 spiro atoms. The first-order valence-electron chi connectivity index (χ1n) is 7.11. The first-order valence-corrected chi connectivity index (χ1v) is 7.11. The maximum Gasteiger partial charge on any atom is 0.269 e. The molecule has 110 valence electrons. The first-order chi connectivity index (χ1) is 9.48. The van der Waals surface area contributed by atoms with Crippen molar-refractivity contribution in [3.63, 3.8) is 0 Å². The lowest BCUT2D eigenvalue weighted by Crippen LogP contribution is -2.36. The van der Waals surface area contributed by atoms with Crippen LogP contribution in [0.25, 0.3) is 0 Å². The van der Waals surface area contributed by atoms with Gasteiger partial charge in [0, 0.05) is 31.8 Å². The van der Waals surface area contributed by atoms with Crippen molar-refractivity contribution in [2.45, 2.75) is 19.8 Å². The maximum absolute atomic E-state index is 10.8. The summed E-state index contributed by atoms with van der Waals surface area (Å²) in [6.45, 7) is 6.49. The number of nitrogens with one attached hydrogen (secondary N) is 1. The van der Waals surface area contributed by atoms with E-state index in [1.165, 1.54) is 6.42 Å². The Labute approximate surface area is 120 Å². The van der Waals surface area contributed by atoms with Gasteiger partial charge in [-0.05, 0) is 37.4 Å². The molecule has 1 unspecified atom stereocenters. The second kappa shape index (κ2) is 6.33. The Morgan fingerprint density at radius 2 is 2.30 bits per heavy atom. The largest absolute Gasteiger partial charge is 0.316 e. The van der Waals surface area contributed by atoms with Crippen molar-refractivity contribution in [3.05, 3.63) is 39.9 Å². The number of hydrogen-bond donors (Lipinski definition) is 1. The van der Waals surface area contributed by atoms with Crippen LogP contribution in [0.4, 0.5) is 5.69 Å². The summed E-state index contributed by atoms with van der Waals surface area (Å²) >= 11 is 0. The van der Waals surface area contributed by atoms with E-state index in [1.807, 2.05) is 6.07 Å². The zero-order valence-corrected chi connectivity index (χ0v) is 12.3. The molecule has 1 aliphatic rings. The summed E-state index contributed by atoms with van der Waals surface area (Å²) in [5.41, 5.74) is 1.56. The first kappa shape index (κ1) is 14.9. The third kappa shape index (κ3) is 4.02. The molecule has 5 heteroatoms. The van der Waals surface area contributed by atoms with Crippen molar-refractivity contribution in [2.24, 2.45) is 5.41 Å². The van der Waals surface area contributed by atoms with Gasteiger partial charge in [-0.25, -0.2) is 0 Å². The Morgan fingerprint density at radius 1 is 1.50 bits per heavy atom. The molecule has 5 nitrogen and oxygen atoms in total. The van der Waals surface area contributed by atoms with E-state index in [1.54, 1.807) is 18.2 Å². The summed E-state index contributed by atoms with van der Waals surface area (Å²) in [5.74, 6) is 0. The zero-order chi connectivity index (χ0) is 14.6. The molecule has 1 fully saturated rings. The van der Waals surface area contributed by atoms with Crippen molar-refractivity contribution >= 4 is 5.69 Å². The fraction of sp³-hybridized carbons (Fsp3) is 0.600. The van der Waals surface area contributed by atoms with Crippen LogP contribution in [0.2, 0.25) is 0 Å². The number of likely N-dealkylation sites (N-methyl/N-ethyl adjacent to an activating group) is 1.